The summed E-state index contributed by atoms with van der Waals surface area (Å²) in [4.78, 5) is 15.0. The Balaban J connectivity index is 2.15. The monoisotopic (exact) mass is 332 g/mol. The molecular weight excluding hydrogens is 323 g/mol. The van der Waals surface area contributed by atoms with Gasteiger partial charge in [0.15, 0.2) is 11.5 Å². The van der Waals surface area contributed by atoms with E-state index in [0.717, 1.165) is 6.07 Å². The highest BCUT2D eigenvalue weighted by Gasteiger charge is 2.24. The highest BCUT2D eigenvalue weighted by molar-refractivity contribution is 5.95. The minimum Gasteiger partial charge on any atom is -0.504 e. The summed E-state index contributed by atoms with van der Waals surface area (Å²) in [5.41, 5.74) is -0.955. The zero-order valence-electron chi connectivity index (χ0n) is 11.8. The summed E-state index contributed by atoms with van der Waals surface area (Å²) >= 11 is 0. The lowest BCUT2D eigenvalue weighted by Crippen LogP contribution is -1.98. The fraction of sp³-hybridized carbons (Fsp3) is 0. The maximum Gasteiger partial charge on any atom is 0.339 e. The van der Waals surface area contributed by atoms with Gasteiger partial charge in [-0.2, -0.15) is 4.98 Å². The van der Waals surface area contributed by atoms with Crippen LogP contribution in [0.3, 0.4) is 0 Å². The molecule has 0 aliphatic carbocycles. The molecule has 0 radical (unpaired) electrons. The van der Waals surface area contributed by atoms with Crippen LogP contribution in [-0.4, -0.2) is 36.5 Å². The van der Waals surface area contributed by atoms with Gasteiger partial charge in [0.05, 0.1) is 11.1 Å². The van der Waals surface area contributed by atoms with E-state index in [9.17, 15) is 24.5 Å². The Labute approximate surface area is 133 Å². The molecule has 0 aliphatic heterocycles. The van der Waals surface area contributed by atoms with E-state index >= 15 is 0 Å². The van der Waals surface area contributed by atoms with E-state index in [2.05, 4.69) is 10.1 Å². The van der Waals surface area contributed by atoms with Gasteiger partial charge in [0.2, 0.25) is 11.6 Å². The van der Waals surface area contributed by atoms with E-state index in [1.165, 1.54) is 18.2 Å². The van der Waals surface area contributed by atoms with Crippen LogP contribution in [0.15, 0.2) is 34.9 Å². The summed E-state index contributed by atoms with van der Waals surface area (Å²) < 4.78 is 18.6. The van der Waals surface area contributed by atoms with E-state index in [1.54, 1.807) is 6.07 Å². The number of carboxylic acid groups (broad SMARTS) is 1. The summed E-state index contributed by atoms with van der Waals surface area (Å²) in [5.74, 6) is -5.52. The van der Waals surface area contributed by atoms with Crippen molar-refractivity contribution in [2.75, 3.05) is 0 Å². The summed E-state index contributed by atoms with van der Waals surface area (Å²) in [6.07, 6.45) is 0. The number of hydrogen-bond donors (Lipinski definition) is 4. The van der Waals surface area contributed by atoms with Crippen molar-refractivity contribution in [1.82, 2.24) is 10.1 Å². The topological polar surface area (TPSA) is 137 Å². The number of rotatable bonds is 3. The molecule has 122 valence electrons. The number of aromatic nitrogens is 2. The summed E-state index contributed by atoms with van der Waals surface area (Å²) in [7, 11) is 0. The molecule has 3 rings (SSSR count). The summed E-state index contributed by atoms with van der Waals surface area (Å²) in [6, 6.07) is 6.46. The van der Waals surface area contributed by atoms with Gasteiger partial charge < -0.3 is 24.9 Å². The Morgan fingerprint density at radius 3 is 2.42 bits per heavy atom. The standard InChI is InChI=1S/C15H9FN2O6/c16-9-4-2-1-3-6(9)14-17-13(18-24-14)7-5-8(15(22)23)11(20)12(21)10(7)19/h1-5,19-21H,(H,22,23). The molecule has 0 saturated heterocycles. The van der Waals surface area contributed by atoms with Gasteiger partial charge in [0.25, 0.3) is 5.89 Å². The first kappa shape index (κ1) is 15.3. The molecule has 8 nitrogen and oxygen atoms in total. The van der Waals surface area contributed by atoms with E-state index in [1.807, 2.05) is 0 Å². The highest BCUT2D eigenvalue weighted by atomic mass is 19.1. The molecule has 0 bridgehead atoms. The normalized spacial score (nSPS) is 10.7. The van der Waals surface area contributed by atoms with Crippen molar-refractivity contribution in [3.63, 3.8) is 0 Å². The number of benzene rings is 2. The van der Waals surface area contributed by atoms with Gasteiger partial charge in [-0.3, -0.25) is 0 Å². The lowest BCUT2D eigenvalue weighted by Gasteiger charge is -2.07. The molecule has 0 spiro atoms. The Kier molecular flexibility index (Phi) is 3.53. The van der Waals surface area contributed by atoms with Crippen LogP contribution in [0.25, 0.3) is 22.8 Å². The molecule has 24 heavy (non-hydrogen) atoms. The Hall–Kier alpha value is -3.62. The number of carboxylic acids is 1. The fourth-order valence-corrected chi connectivity index (χ4v) is 2.06. The Morgan fingerprint density at radius 1 is 1.04 bits per heavy atom. The van der Waals surface area contributed by atoms with E-state index < -0.39 is 34.6 Å². The van der Waals surface area contributed by atoms with Crippen molar-refractivity contribution in [3.8, 4) is 40.1 Å². The Morgan fingerprint density at radius 2 is 1.75 bits per heavy atom. The quantitative estimate of drug-likeness (QED) is 0.536. The largest absolute Gasteiger partial charge is 0.504 e. The zero-order chi connectivity index (χ0) is 17.4. The van der Waals surface area contributed by atoms with E-state index in [-0.39, 0.29) is 22.8 Å². The molecule has 1 aromatic heterocycles. The number of hydrogen-bond acceptors (Lipinski definition) is 7. The van der Waals surface area contributed by atoms with Crippen molar-refractivity contribution in [3.05, 3.63) is 41.7 Å². The van der Waals surface area contributed by atoms with Crippen LogP contribution in [-0.2, 0) is 0 Å². The molecule has 4 N–H and O–H groups in total. The zero-order valence-corrected chi connectivity index (χ0v) is 11.8. The maximum absolute atomic E-state index is 13.7. The number of phenols is 3. The van der Waals surface area contributed by atoms with Gasteiger partial charge in [0.1, 0.15) is 11.4 Å². The SMILES string of the molecule is O=C(O)c1cc(-c2noc(-c3ccccc3F)n2)c(O)c(O)c1O. The first-order valence-corrected chi connectivity index (χ1v) is 6.50. The van der Waals surface area contributed by atoms with Crippen LogP contribution in [0.1, 0.15) is 10.4 Å². The molecular formula is C15H9FN2O6. The van der Waals surface area contributed by atoms with Crippen molar-refractivity contribution in [2.45, 2.75) is 0 Å². The highest BCUT2D eigenvalue weighted by Crippen LogP contribution is 2.44. The second-order valence-corrected chi connectivity index (χ2v) is 4.73. The molecule has 0 amide bonds. The maximum atomic E-state index is 13.7. The molecule has 1 heterocycles. The number of phenolic OH excluding ortho intramolecular Hbond substituents is 2. The second kappa shape index (κ2) is 5.54. The first-order chi connectivity index (χ1) is 11.4. The number of halogens is 1. The molecule has 0 aliphatic rings. The predicted molar refractivity (Wildman–Crippen MR) is 77.1 cm³/mol. The van der Waals surface area contributed by atoms with Crippen LogP contribution in [0, 0.1) is 5.82 Å². The van der Waals surface area contributed by atoms with Gasteiger partial charge in [-0.05, 0) is 18.2 Å². The molecule has 0 saturated carbocycles. The number of carbonyl (C=O) groups is 1. The van der Waals surface area contributed by atoms with Crippen LogP contribution >= 0.6 is 0 Å². The average molecular weight is 332 g/mol. The van der Waals surface area contributed by atoms with Crippen molar-refractivity contribution >= 4 is 5.97 Å². The first-order valence-electron chi connectivity index (χ1n) is 6.50. The summed E-state index contributed by atoms with van der Waals surface area (Å²) in [5, 5.41) is 41.6. The second-order valence-electron chi connectivity index (χ2n) is 4.73. The van der Waals surface area contributed by atoms with Crippen molar-refractivity contribution < 1.29 is 34.1 Å². The van der Waals surface area contributed by atoms with E-state index in [0.29, 0.717) is 0 Å². The van der Waals surface area contributed by atoms with E-state index in [4.69, 9.17) is 9.63 Å². The molecule has 0 atom stereocenters. The molecule has 0 unspecified atom stereocenters. The molecule has 2 aromatic carbocycles. The van der Waals surface area contributed by atoms with Crippen molar-refractivity contribution in [1.29, 1.82) is 0 Å². The third-order valence-corrected chi connectivity index (χ3v) is 3.25. The number of aromatic carboxylic acids is 1. The van der Waals surface area contributed by atoms with Crippen LogP contribution in [0.4, 0.5) is 4.39 Å². The van der Waals surface area contributed by atoms with Gasteiger partial charge in [-0.1, -0.05) is 17.3 Å². The number of nitrogens with zero attached hydrogens (tertiary/aromatic N) is 2. The van der Waals surface area contributed by atoms with Gasteiger partial charge in [-0.25, -0.2) is 9.18 Å². The van der Waals surface area contributed by atoms with Crippen molar-refractivity contribution in [2.24, 2.45) is 0 Å². The average Bonchev–Trinajstić information content (AvgIpc) is 3.02. The minimum atomic E-state index is -1.54. The molecule has 3 aromatic rings. The number of aromatic hydroxyl groups is 3. The van der Waals surface area contributed by atoms with Crippen LogP contribution in [0.2, 0.25) is 0 Å². The Bertz CT molecular complexity index is 953. The van der Waals surface area contributed by atoms with Gasteiger partial charge >= 0.3 is 5.97 Å². The molecule has 0 fully saturated rings. The van der Waals surface area contributed by atoms with Gasteiger partial charge in [0, 0.05) is 0 Å². The minimum absolute atomic E-state index is 0.0113. The fourth-order valence-electron chi connectivity index (χ4n) is 2.06. The van der Waals surface area contributed by atoms with Gasteiger partial charge in [-0.15, -0.1) is 0 Å². The van der Waals surface area contributed by atoms with Crippen LogP contribution in [0.5, 0.6) is 17.2 Å². The smallest absolute Gasteiger partial charge is 0.339 e. The predicted octanol–water partition coefficient (Wildman–Crippen LogP) is 2.36. The third kappa shape index (κ3) is 2.37. The molecule has 9 heteroatoms. The lowest BCUT2D eigenvalue weighted by atomic mass is 10.1. The lowest BCUT2D eigenvalue weighted by molar-refractivity contribution is 0.0693. The summed E-state index contributed by atoms with van der Waals surface area (Å²) in [6.45, 7) is 0. The van der Waals surface area contributed by atoms with Crippen LogP contribution < -0.4 is 0 Å². The third-order valence-electron chi connectivity index (χ3n) is 3.25.